The summed E-state index contributed by atoms with van der Waals surface area (Å²) >= 11 is 1.52. The number of amides is 1. The van der Waals surface area contributed by atoms with Crippen LogP contribution in [-0.4, -0.2) is 43.5 Å². The fourth-order valence-electron chi connectivity index (χ4n) is 3.25. The maximum absolute atomic E-state index is 12.8. The van der Waals surface area contributed by atoms with E-state index in [2.05, 4.69) is 46.4 Å². The van der Waals surface area contributed by atoms with Crippen LogP contribution in [0.5, 0.6) is 11.5 Å². The minimum Gasteiger partial charge on any atom is -0.493 e. The molecule has 1 amide bonds. The van der Waals surface area contributed by atoms with Gasteiger partial charge in [-0.25, -0.2) is 4.98 Å². The second-order valence-electron chi connectivity index (χ2n) is 7.42. The lowest BCUT2D eigenvalue weighted by atomic mass is 10.0. The van der Waals surface area contributed by atoms with Crippen molar-refractivity contribution in [2.24, 2.45) is 0 Å². The van der Waals surface area contributed by atoms with Crippen molar-refractivity contribution in [1.29, 1.82) is 0 Å². The number of nitrogens with one attached hydrogen (secondary N) is 1. The van der Waals surface area contributed by atoms with Gasteiger partial charge in [-0.2, -0.15) is 0 Å². The van der Waals surface area contributed by atoms with Gasteiger partial charge in [-0.05, 0) is 49.8 Å². The number of carbonyl (C=O) groups excluding carboxylic acids is 1. The molecule has 3 rings (SSSR count). The van der Waals surface area contributed by atoms with Gasteiger partial charge in [0.1, 0.15) is 6.61 Å². The van der Waals surface area contributed by atoms with Gasteiger partial charge in [0.25, 0.3) is 5.91 Å². The fourth-order valence-corrected chi connectivity index (χ4v) is 3.80. The average molecular weight is 440 g/mol. The number of benzene rings is 2. The summed E-state index contributed by atoms with van der Waals surface area (Å²) in [5.74, 6) is 0.942. The molecular weight excluding hydrogens is 410 g/mol. The van der Waals surface area contributed by atoms with Crippen LogP contribution in [0.1, 0.15) is 40.1 Å². The molecule has 0 bridgehead atoms. The average Bonchev–Trinajstić information content (AvgIpc) is 3.31. The first kappa shape index (κ1) is 22.8. The summed E-state index contributed by atoms with van der Waals surface area (Å²) in [5.41, 5.74) is 5.62. The smallest absolute Gasteiger partial charge is 0.251 e. The molecule has 0 saturated carbocycles. The number of aromatic nitrogens is 1. The number of carbonyl (C=O) groups is 1. The van der Waals surface area contributed by atoms with E-state index in [0.717, 1.165) is 12.1 Å². The number of likely N-dealkylation sites (N-methyl/N-ethyl adjacent to an activating group) is 1. The molecule has 6 nitrogen and oxygen atoms in total. The second kappa shape index (κ2) is 10.9. The van der Waals surface area contributed by atoms with E-state index in [1.165, 1.54) is 22.5 Å². The molecule has 0 radical (unpaired) electrons. The van der Waals surface area contributed by atoms with E-state index in [9.17, 15) is 4.79 Å². The van der Waals surface area contributed by atoms with Gasteiger partial charge in [0.2, 0.25) is 0 Å². The molecule has 0 saturated heterocycles. The summed E-state index contributed by atoms with van der Waals surface area (Å²) < 4.78 is 11.2. The standard InChI is InChI=1S/C24H29N3O3S/c1-5-17-6-8-18(9-7-17)21(27(2)3)13-25-24(28)19-10-11-22(23(12-19)29-4)30-14-20-15-31-16-26-20/h6-12,15-16,21H,5,13-14H2,1-4H3,(H,25,28). The van der Waals surface area contributed by atoms with Crippen LogP contribution in [0.25, 0.3) is 0 Å². The topological polar surface area (TPSA) is 63.7 Å². The van der Waals surface area contributed by atoms with Crippen LogP contribution in [0.4, 0.5) is 0 Å². The zero-order valence-corrected chi connectivity index (χ0v) is 19.2. The van der Waals surface area contributed by atoms with E-state index in [1.807, 2.05) is 19.5 Å². The summed E-state index contributed by atoms with van der Waals surface area (Å²) in [6, 6.07) is 13.8. The van der Waals surface area contributed by atoms with Crippen molar-refractivity contribution in [2.75, 3.05) is 27.7 Å². The lowest BCUT2D eigenvalue weighted by molar-refractivity contribution is 0.0941. The van der Waals surface area contributed by atoms with E-state index in [-0.39, 0.29) is 11.9 Å². The van der Waals surface area contributed by atoms with Crippen molar-refractivity contribution < 1.29 is 14.3 Å². The molecule has 0 aliphatic carbocycles. The number of methoxy groups -OCH3 is 1. The van der Waals surface area contributed by atoms with Crippen LogP contribution >= 0.6 is 11.3 Å². The second-order valence-corrected chi connectivity index (χ2v) is 8.14. The Labute approximate surface area is 187 Å². The van der Waals surface area contributed by atoms with Gasteiger partial charge in [-0.3, -0.25) is 4.79 Å². The highest BCUT2D eigenvalue weighted by Crippen LogP contribution is 2.29. The van der Waals surface area contributed by atoms with Crippen molar-refractivity contribution in [3.8, 4) is 11.5 Å². The monoisotopic (exact) mass is 439 g/mol. The predicted molar refractivity (Wildman–Crippen MR) is 124 cm³/mol. The Hall–Kier alpha value is -2.90. The molecule has 164 valence electrons. The summed E-state index contributed by atoms with van der Waals surface area (Å²) in [7, 11) is 5.60. The number of ether oxygens (including phenoxy) is 2. The third-order valence-electron chi connectivity index (χ3n) is 5.14. The van der Waals surface area contributed by atoms with Gasteiger partial charge in [-0.1, -0.05) is 31.2 Å². The molecule has 0 aliphatic heterocycles. The minimum atomic E-state index is -0.152. The number of hydrogen-bond acceptors (Lipinski definition) is 6. The van der Waals surface area contributed by atoms with Crippen molar-refractivity contribution in [2.45, 2.75) is 26.0 Å². The molecule has 7 heteroatoms. The number of thiazole rings is 1. The minimum absolute atomic E-state index is 0.0810. The molecule has 0 aliphatic rings. The number of aryl methyl sites for hydroxylation is 1. The zero-order chi connectivity index (χ0) is 22.2. The van der Waals surface area contributed by atoms with Gasteiger partial charge in [0.15, 0.2) is 11.5 Å². The SMILES string of the molecule is CCc1ccc(C(CNC(=O)c2ccc(OCc3cscn3)c(OC)c2)N(C)C)cc1. The maximum Gasteiger partial charge on any atom is 0.251 e. The first-order chi connectivity index (χ1) is 15.0. The Kier molecular flexibility index (Phi) is 8.03. The van der Waals surface area contributed by atoms with Crippen molar-refractivity contribution in [3.05, 3.63) is 75.7 Å². The number of rotatable bonds is 10. The fraction of sp³-hybridized carbons (Fsp3) is 0.333. The highest BCUT2D eigenvalue weighted by molar-refractivity contribution is 7.07. The van der Waals surface area contributed by atoms with Crippen molar-refractivity contribution >= 4 is 17.2 Å². The Bertz CT molecular complexity index is 972. The number of hydrogen-bond donors (Lipinski definition) is 1. The van der Waals surface area contributed by atoms with Crippen LogP contribution < -0.4 is 14.8 Å². The highest BCUT2D eigenvalue weighted by Gasteiger charge is 2.17. The third kappa shape index (κ3) is 6.06. The Balaban J connectivity index is 1.65. The normalized spacial score (nSPS) is 11.9. The Morgan fingerprint density at radius 3 is 2.55 bits per heavy atom. The van der Waals surface area contributed by atoms with Crippen LogP contribution in [0, 0.1) is 0 Å². The molecule has 1 heterocycles. The maximum atomic E-state index is 12.8. The summed E-state index contributed by atoms with van der Waals surface area (Å²) in [5, 5.41) is 4.98. The Morgan fingerprint density at radius 1 is 1.16 bits per heavy atom. The van der Waals surface area contributed by atoms with E-state index >= 15 is 0 Å². The molecule has 1 atom stereocenters. The third-order valence-corrected chi connectivity index (χ3v) is 5.77. The quantitative estimate of drug-likeness (QED) is 0.510. The summed E-state index contributed by atoms with van der Waals surface area (Å²) in [6.45, 7) is 3.00. The van der Waals surface area contributed by atoms with Crippen LogP contribution in [-0.2, 0) is 13.0 Å². The van der Waals surface area contributed by atoms with E-state index in [4.69, 9.17) is 9.47 Å². The lowest BCUT2D eigenvalue weighted by Gasteiger charge is -2.25. The van der Waals surface area contributed by atoms with Crippen LogP contribution in [0.3, 0.4) is 0 Å². The van der Waals surface area contributed by atoms with Gasteiger partial charge < -0.3 is 19.7 Å². The summed E-state index contributed by atoms with van der Waals surface area (Å²) in [6.07, 6.45) is 1.01. The summed E-state index contributed by atoms with van der Waals surface area (Å²) in [4.78, 5) is 19.1. The largest absolute Gasteiger partial charge is 0.493 e. The van der Waals surface area contributed by atoms with Crippen LogP contribution in [0.15, 0.2) is 53.4 Å². The first-order valence-corrected chi connectivity index (χ1v) is 11.2. The van der Waals surface area contributed by atoms with Crippen molar-refractivity contribution in [3.63, 3.8) is 0 Å². The van der Waals surface area contributed by atoms with Gasteiger partial charge in [-0.15, -0.1) is 11.3 Å². The van der Waals surface area contributed by atoms with Crippen LogP contribution in [0.2, 0.25) is 0 Å². The predicted octanol–water partition coefficient (Wildman–Crippen LogP) is 4.33. The van der Waals surface area contributed by atoms with Gasteiger partial charge >= 0.3 is 0 Å². The molecule has 1 N–H and O–H groups in total. The van der Waals surface area contributed by atoms with E-state index < -0.39 is 0 Å². The molecule has 0 fully saturated rings. The van der Waals surface area contributed by atoms with Gasteiger partial charge in [0.05, 0.1) is 24.4 Å². The zero-order valence-electron chi connectivity index (χ0n) is 18.4. The lowest BCUT2D eigenvalue weighted by Crippen LogP contribution is -2.34. The molecule has 3 aromatic rings. The highest BCUT2D eigenvalue weighted by atomic mass is 32.1. The molecule has 31 heavy (non-hydrogen) atoms. The molecule has 1 unspecified atom stereocenters. The van der Waals surface area contributed by atoms with Crippen molar-refractivity contribution in [1.82, 2.24) is 15.2 Å². The number of nitrogens with zero attached hydrogens (tertiary/aromatic N) is 2. The Morgan fingerprint density at radius 2 is 1.94 bits per heavy atom. The van der Waals surface area contributed by atoms with E-state index in [0.29, 0.717) is 30.2 Å². The van der Waals surface area contributed by atoms with Gasteiger partial charge in [0, 0.05) is 17.5 Å². The molecule has 1 aromatic heterocycles. The molecule has 2 aromatic carbocycles. The molecule has 0 spiro atoms. The van der Waals surface area contributed by atoms with E-state index in [1.54, 1.807) is 30.8 Å². The first-order valence-electron chi connectivity index (χ1n) is 10.2. The molecular formula is C24H29N3O3S.